The van der Waals surface area contributed by atoms with E-state index >= 15 is 0 Å². The van der Waals surface area contributed by atoms with Crippen molar-refractivity contribution in [2.24, 2.45) is 0 Å². The standard InChI is InChI=1S/C25H26N2O4S/c1-3-20-13-9-10-18(2)24(20)26-25(28)23-16-27(21-14-7-8-15-22(21)31-23)32(29,30)17-19-11-5-4-6-12-19/h4-15,23H,3,16-17H2,1-2H3,(H,26,28)/t23-/m1/s1. The van der Waals surface area contributed by atoms with Crippen molar-refractivity contribution < 1.29 is 17.9 Å². The monoisotopic (exact) mass is 450 g/mol. The number of fused-ring (bicyclic) bond motifs is 1. The lowest BCUT2D eigenvalue weighted by Gasteiger charge is -2.35. The van der Waals surface area contributed by atoms with Gasteiger partial charge in [-0.2, -0.15) is 0 Å². The van der Waals surface area contributed by atoms with Gasteiger partial charge >= 0.3 is 0 Å². The van der Waals surface area contributed by atoms with Crippen LogP contribution in [-0.4, -0.2) is 27.0 Å². The third kappa shape index (κ3) is 4.48. The summed E-state index contributed by atoms with van der Waals surface area (Å²) < 4.78 is 33.9. The maximum absolute atomic E-state index is 13.3. The normalized spacial score (nSPS) is 15.6. The molecule has 32 heavy (non-hydrogen) atoms. The Bertz CT molecular complexity index is 1230. The molecule has 0 spiro atoms. The molecular weight excluding hydrogens is 424 g/mol. The quantitative estimate of drug-likeness (QED) is 0.608. The number of hydrogen-bond acceptors (Lipinski definition) is 4. The molecule has 1 amide bonds. The summed E-state index contributed by atoms with van der Waals surface area (Å²) in [5.41, 5.74) is 3.84. The molecule has 1 atom stereocenters. The second-order valence-electron chi connectivity index (χ2n) is 7.80. The summed E-state index contributed by atoms with van der Waals surface area (Å²) in [5, 5.41) is 2.97. The number of aryl methyl sites for hydroxylation is 2. The SMILES string of the molecule is CCc1cccc(C)c1NC(=O)[C@H]1CN(S(=O)(=O)Cc2ccccc2)c2ccccc2O1. The molecule has 6 nitrogen and oxygen atoms in total. The van der Waals surface area contributed by atoms with Crippen molar-refractivity contribution in [2.75, 3.05) is 16.2 Å². The third-order valence-corrected chi connectivity index (χ3v) is 7.26. The minimum absolute atomic E-state index is 0.0919. The number of benzene rings is 3. The molecule has 1 heterocycles. The Kier molecular flexibility index (Phi) is 6.19. The maximum atomic E-state index is 13.3. The van der Waals surface area contributed by atoms with E-state index in [4.69, 9.17) is 4.74 Å². The molecule has 7 heteroatoms. The lowest BCUT2D eigenvalue weighted by atomic mass is 10.1. The molecule has 0 unspecified atom stereocenters. The number of carbonyl (C=O) groups excluding carboxylic acids is 1. The Balaban J connectivity index is 1.63. The maximum Gasteiger partial charge on any atom is 0.267 e. The van der Waals surface area contributed by atoms with Crippen LogP contribution >= 0.6 is 0 Å². The van der Waals surface area contributed by atoms with Gasteiger partial charge in [0.05, 0.1) is 18.0 Å². The zero-order valence-electron chi connectivity index (χ0n) is 18.1. The lowest BCUT2D eigenvalue weighted by Crippen LogP contribution is -2.49. The molecule has 0 fully saturated rings. The topological polar surface area (TPSA) is 75.7 Å². The number of carbonyl (C=O) groups is 1. The highest BCUT2D eigenvalue weighted by molar-refractivity contribution is 7.92. The van der Waals surface area contributed by atoms with Gasteiger partial charge in [-0.1, -0.05) is 67.6 Å². The molecule has 0 radical (unpaired) electrons. The van der Waals surface area contributed by atoms with Crippen LogP contribution in [0.25, 0.3) is 0 Å². The Morgan fingerprint density at radius 3 is 2.50 bits per heavy atom. The fourth-order valence-electron chi connectivity index (χ4n) is 3.87. The van der Waals surface area contributed by atoms with Crippen molar-refractivity contribution in [3.8, 4) is 5.75 Å². The van der Waals surface area contributed by atoms with Crippen molar-refractivity contribution >= 4 is 27.3 Å². The van der Waals surface area contributed by atoms with Crippen molar-refractivity contribution in [3.05, 3.63) is 89.5 Å². The summed E-state index contributed by atoms with van der Waals surface area (Å²) in [6, 6.07) is 21.8. The van der Waals surface area contributed by atoms with Crippen molar-refractivity contribution in [3.63, 3.8) is 0 Å². The van der Waals surface area contributed by atoms with Gasteiger partial charge in [0.2, 0.25) is 10.0 Å². The van der Waals surface area contributed by atoms with E-state index in [0.717, 1.165) is 23.2 Å². The second kappa shape index (κ2) is 9.04. The van der Waals surface area contributed by atoms with Crippen molar-refractivity contribution in [1.29, 1.82) is 0 Å². The molecule has 0 bridgehead atoms. The van der Waals surface area contributed by atoms with Gasteiger partial charge in [0, 0.05) is 5.69 Å². The second-order valence-corrected chi connectivity index (χ2v) is 9.69. The van der Waals surface area contributed by atoms with E-state index in [1.807, 2.05) is 50.2 Å². The first-order chi connectivity index (χ1) is 15.4. The predicted octanol–water partition coefficient (Wildman–Crippen LogP) is 4.29. The van der Waals surface area contributed by atoms with Gasteiger partial charge in [-0.15, -0.1) is 0 Å². The van der Waals surface area contributed by atoms with Gasteiger partial charge in [-0.3, -0.25) is 9.10 Å². The summed E-state index contributed by atoms with van der Waals surface area (Å²) >= 11 is 0. The zero-order valence-corrected chi connectivity index (χ0v) is 18.9. The highest BCUT2D eigenvalue weighted by atomic mass is 32.2. The van der Waals surface area contributed by atoms with Crippen LogP contribution < -0.4 is 14.4 Å². The minimum Gasteiger partial charge on any atom is -0.476 e. The predicted molar refractivity (Wildman–Crippen MR) is 126 cm³/mol. The number of hydrogen-bond donors (Lipinski definition) is 1. The molecule has 0 saturated heterocycles. The number of amides is 1. The lowest BCUT2D eigenvalue weighted by molar-refractivity contribution is -0.122. The number of rotatable bonds is 6. The van der Waals surface area contributed by atoms with Gasteiger partial charge in [0.1, 0.15) is 5.75 Å². The molecule has 3 aromatic carbocycles. The molecule has 0 aliphatic carbocycles. The molecule has 0 saturated carbocycles. The van der Waals surface area contributed by atoms with Crippen LogP contribution in [0.3, 0.4) is 0 Å². The molecular formula is C25H26N2O4S. The molecule has 1 aliphatic rings. The smallest absolute Gasteiger partial charge is 0.267 e. The number of sulfonamides is 1. The number of ether oxygens (including phenoxy) is 1. The fraction of sp³-hybridized carbons (Fsp3) is 0.240. The van der Waals surface area contributed by atoms with Crippen LogP contribution in [-0.2, 0) is 27.0 Å². The first-order valence-corrected chi connectivity index (χ1v) is 12.2. The van der Waals surface area contributed by atoms with E-state index in [2.05, 4.69) is 5.32 Å². The third-order valence-electron chi connectivity index (χ3n) is 5.54. The van der Waals surface area contributed by atoms with Crippen LogP contribution in [0.5, 0.6) is 5.75 Å². The Labute approximate surface area is 188 Å². The number of anilines is 2. The molecule has 1 aliphatic heterocycles. The molecule has 166 valence electrons. The van der Waals surface area contributed by atoms with Gasteiger partial charge in [-0.25, -0.2) is 8.42 Å². The van der Waals surface area contributed by atoms with Crippen LogP contribution in [0.15, 0.2) is 72.8 Å². The summed E-state index contributed by atoms with van der Waals surface area (Å²) in [6.45, 7) is 3.86. The highest BCUT2D eigenvalue weighted by Crippen LogP contribution is 2.36. The van der Waals surface area contributed by atoms with Crippen molar-refractivity contribution in [2.45, 2.75) is 32.1 Å². The first-order valence-electron chi connectivity index (χ1n) is 10.6. The van der Waals surface area contributed by atoms with Crippen molar-refractivity contribution in [1.82, 2.24) is 0 Å². The van der Waals surface area contributed by atoms with E-state index in [1.165, 1.54) is 4.31 Å². The Morgan fingerprint density at radius 1 is 1.03 bits per heavy atom. The summed E-state index contributed by atoms with van der Waals surface area (Å²) in [7, 11) is -3.74. The average molecular weight is 451 g/mol. The van der Waals surface area contributed by atoms with Crippen LogP contribution in [0.2, 0.25) is 0 Å². The van der Waals surface area contributed by atoms with Gasteiger partial charge < -0.3 is 10.1 Å². The number of para-hydroxylation sites is 3. The Hall–Kier alpha value is -3.32. The average Bonchev–Trinajstić information content (AvgIpc) is 2.80. The summed E-state index contributed by atoms with van der Waals surface area (Å²) in [5.74, 6) is -0.159. The Morgan fingerprint density at radius 2 is 1.75 bits per heavy atom. The highest BCUT2D eigenvalue weighted by Gasteiger charge is 2.37. The molecule has 4 rings (SSSR count). The van der Waals surface area contributed by atoms with Gasteiger partial charge in [0.15, 0.2) is 6.10 Å². The fourth-order valence-corrected chi connectivity index (χ4v) is 5.45. The minimum atomic E-state index is -3.74. The van der Waals surface area contributed by atoms with Gasteiger partial charge in [-0.05, 0) is 42.2 Å². The largest absolute Gasteiger partial charge is 0.476 e. The van der Waals surface area contributed by atoms with Crippen LogP contribution in [0.4, 0.5) is 11.4 Å². The molecule has 1 N–H and O–H groups in total. The molecule has 3 aromatic rings. The first kappa shape index (κ1) is 21.9. The summed E-state index contributed by atoms with van der Waals surface area (Å²) in [4.78, 5) is 13.2. The van der Waals surface area contributed by atoms with Crippen LogP contribution in [0.1, 0.15) is 23.6 Å². The van der Waals surface area contributed by atoms with Crippen LogP contribution in [0, 0.1) is 6.92 Å². The number of nitrogens with one attached hydrogen (secondary N) is 1. The van der Waals surface area contributed by atoms with E-state index in [0.29, 0.717) is 17.0 Å². The summed E-state index contributed by atoms with van der Waals surface area (Å²) in [6.07, 6.45) is -0.205. The van der Waals surface area contributed by atoms with E-state index < -0.39 is 16.1 Å². The number of nitrogens with zero attached hydrogens (tertiary/aromatic N) is 1. The van der Waals surface area contributed by atoms with E-state index in [9.17, 15) is 13.2 Å². The van der Waals surface area contributed by atoms with Gasteiger partial charge in [0.25, 0.3) is 5.91 Å². The molecule has 0 aromatic heterocycles. The zero-order chi connectivity index (χ0) is 22.7. The van der Waals surface area contributed by atoms with E-state index in [1.54, 1.807) is 36.4 Å². The van der Waals surface area contributed by atoms with E-state index in [-0.39, 0.29) is 18.2 Å².